The van der Waals surface area contributed by atoms with E-state index in [4.69, 9.17) is 28.2 Å². The van der Waals surface area contributed by atoms with Gasteiger partial charge < -0.3 is 4.57 Å². The Morgan fingerprint density at radius 2 is 2.05 bits per heavy atom. The molecule has 0 N–H and O–H groups in total. The van der Waals surface area contributed by atoms with E-state index in [9.17, 15) is 0 Å². The van der Waals surface area contributed by atoms with Crippen molar-refractivity contribution < 1.29 is 0 Å². The summed E-state index contributed by atoms with van der Waals surface area (Å²) >= 11 is 12.1. The van der Waals surface area contributed by atoms with E-state index in [1.54, 1.807) is 0 Å². The SMILES string of the molecule is CC1(n2c(CCCl)nc3ccc(Cl)cc32)CCCC1. The average Bonchev–Trinajstić information content (AvgIpc) is 2.94. The minimum Gasteiger partial charge on any atom is -0.322 e. The number of rotatable bonds is 3. The highest BCUT2D eigenvalue weighted by Gasteiger charge is 2.33. The first-order valence-electron chi connectivity index (χ1n) is 6.87. The molecule has 1 aromatic carbocycles. The Labute approximate surface area is 123 Å². The Kier molecular flexibility index (Phi) is 3.48. The summed E-state index contributed by atoms with van der Waals surface area (Å²) in [5.74, 6) is 1.70. The smallest absolute Gasteiger partial charge is 0.111 e. The maximum Gasteiger partial charge on any atom is 0.111 e. The molecule has 1 saturated carbocycles. The fourth-order valence-corrected chi connectivity index (χ4v) is 3.65. The van der Waals surface area contributed by atoms with Crippen LogP contribution in [0.15, 0.2) is 18.2 Å². The van der Waals surface area contributed by atoms with Gasteiger partial charge in [0.15, 0.2) is 0 Å². The minimum absolute atomic E-state index is 0.167. The van der Waals surface area contributed by atoms with Crippen LogP contribution < -0.4 is 0 Å². The van der Waals surface area contributed by atoms with Crippen LogP contribution in [0.3, 0.4) is 0 Å². The van der Waals surface area contributed by atoms with E-state index in [2.05, 4.69) is 11.5 Å². The van der Waals surface area contributed by atoms with E-state index in [-0.39, 0.29) is 5.54 Å². The first-order chi connectivity index (χ1) is 9.14. The molecule has 0 spiro atoms. The molecular weight excluding hydrogens is 279 g/mol. The van der Waals surface area contributed by atoms with Crippen LogP contribution in [0.4, 0.5) is 0 Å². The molecule has 2 aromatic rings. The highest BCUT2D eigenvalue weighted by atomic mass is 35.5. The van der Waals surface area contributed by atoms with Crippen LogP contribution in [0.2, 0.25) is 5.02 Å². The normalized spacial score (nSPS) is 18.3. The number of hydrogen-bond donors (Lipinski definition) is 0. The number of fused-ring (bicyclic) bond motifs is 1. The monoisotopic (exact) mass is 296 g/mol. The van der Waals surface area contributed by atoms with E-state index < -0.39 is 0 Å². The molecule has 3 rings (SSSR count). The molecule has 0 radical (unpaired) electrons. The van der Waals surface area contributed by atoms with Crippen LogP contribution in [-0.2, 0) is 12.0 Å². The zero-order chi connectivity index (χ0) is 13.5. The van der Waals surface area contributed by atoms with Gasteiger partial charge in [0.25, 0.3) is 0 Å². The highest BCUT2D eigenvalue weighted by molar-refractivity contribution is 6.31. The predicted octanol–water partition coefficient (Wildman–Crippen LogP) is 4.76. The average molecular weight is 297 g/mol. The van der Waals surface area contributed by atoms with Gasteiger partial charge in [-0.05, 0) is 38.0 Å². The Hall–Kier alpha value is -0.730. The molecule has 102 valence electrons. The molecule has 0 unspecified atom stereocenters. The molecule has 0 atom stereocenters. The van der Waals surface area contributed by atoms with Gasteiger partial charge in [0.05, 0.1) is 11.0 Å². The molecule has 19 heavy (non-hydrogen) atoms. The van der Waals surface area contributed by atoms with E-state index in [0.29, 0.717) is 5.88 Å². The second-order valence-corrected chi connectivity index (χ2v) is 6.45. The Bertz CT molecular complexity index is 597. The van der Waals surface area contributed by atoms with Gasteiger partial charge in [-0.25, -0.2) is 4.98 Å². The van der Waals surface area contributed by atoms with Crippen molar-refractivity contribution in [2.24, 2.45) is 0 Å². The molecule has 1 fully saturated rings. The van der Waals surface area contributed by atoms with E-state index in [0.717, 1.165) is 28.3 Å². The number of aromatic nitrogens is 2. The molecule has 0 aliphatic heterocycles. The number of aryl methyl sites for hydroxylation is 1. The summed E-state index contributed by atoms with van der Waals surface area (Å²) in [4.78, 5) is 4.75. The standard InChI is InChI=1S/C15H18Cl2N2/c1-15(7-2-3-8-15)19-13-10-11(17)4-5-12(13)18-14(19)6-9-16/h4-5,10H,2-3,6-9H2,1H3. The van der Waals surface area contributed by atoms with Gasteiger partial charge in [-0.1, -0.05) is 24.4 Å². The minimum atomic E-state index is 0.167. The fourth-order valence-electron chi connectivity index (χ4n) is 3.31. The molecule has 1 aromatic heterocycles. The number of hydrogen-bond acceptors (Lipinski definition) is 1. The van der Waals surface area contributed by atoms with Crippen LogP contribution in [0, 0.1) is 0 Å². The van der Waals surface area contributed by atoms with Gasteiger partial charge >= 0.3 is 0 Å². The van der Waals surface area contributed by atoms with E-state index in [1.165, 1.54) is 25.7 Å². The van der Waals surface area contributed by atoms with Crippen LogP contribution in [0.5, 0.6) is 0 Å². The summed E-state index contributed by atoms with van der Waals surface area (Å²) in [5, 5.41) is 0.771. The molecule has 1 aliphatic carbocycles. The third-order valence-corrected chi connectivity index (χ3v) is 4.65. The van der Waals surface area contributed by atoms with E-state index in [1.807, 2.05) is 18.2 Å². The lowest BCUT2D eigenvalue weighted by molar-refractivity contribution is 0.329. The second kappa shape index (κ2) is 4.99. The molecule has 0 saturated heterocycles. The first kappa shape index (κ1) is 13.3. The number of benzene rings is 1. The van der Waals surface area contributed by atoms with Crippen LogP contribution in [0.1, 0.15) is 38.4 Å². The Morgan fingerprint density at radius 3 is 2.74 bits per heavy atom. The zero-order valence-electron chi connectivity index (χ0n) is 11.1. The third kappa shape index (κ3) is 2.25. The summed E-state index contributed by atoms with van der Waals surface area (Å²) in [7, 11) is 0. The summed E-state index contributed by atoms with van der Waals surface area (Å²) < 4.78 is 2.39. The molecule has 0 amide bonds. The summed E-state index contributed by atoms with van der Waals surface area (Å²) in [5.41, 5.74) is 2.34. The van der Waals surface area contributed by atoms with Gasteiger partial charge in [0, 0.05) is 22.9 Å². The second-order valence-electron chi connectivity index (χ2n) is 5.64. The van der Waals surface area contributed by atoms with Crippen LogP contribution in [-0.4, -0.2) is 15.4 Å². The lowest BCUT2D eigenvalue weighted by atomic mass is 9.99. The van der Waals surface area contributed by atoms with Crippen molar-refractivity contribution in [1.82, 2.24) is 9.55 Å². The predicted molar refractivity (Wildman–Crippen MR) is 81.3 cm³/mol. The van der Waals surface area contributed by atoms with Crippen molar-refractivity contribution in [2.45, 2.75) is 44.6 Å². The van der Waals surface area contributed by atoms with Crippen molar-refractivity contribution >= 4 is 34.2 Å². The van der Waals surface area contributed by atoms with Crippen molar-refractivity contribution in [3.8, 4) is 0 Å². The van der Waals surface area contributed by atoms with Gasteiger partial charge in [-0.15, -0.1) is 11.6 Å². The lowest BCUT2D eigenvalue weighted by Gasteiger charge is -2.29. The topological polar surface area (TPSA) is 17.8 Å². The lowest BCUT2D eigenvalue weighted by Crippen LogP contribution is -2.28. The number of alkyl halides is 1. The summed E-state index contributed by atoms with van der Waals surface area (Å²) in [6.07, 6.45) is 5.80. The molecule has 1 aliphatic rings. The van der Waals surface area contributed by atoms with Gasteiger partial charge in [-0.3, -0.25) is 0 Å². The van der Waals surface area contributed by atoms with Crippen LogP contribution in [0.25, 0.3) is 11.0 Å². The maximum absolute atomic E-state index is 6.16. The molecule has 0 bridgehead atoms. The van der Waals surface area contributed by atoms with Crippen molar-refractivity contribution in [2.75, 3.05) is 5.88 Å². The number of imidazole rings is 1. The largest absolute Gasteiger partial charge is 0.322 e. The number of halogens is 2. The summed E-state index contributed by atoms with van der Waals surface area (Å²) in [6.45, 7) is 2.33. The zero-order valence-corrected chi connectivity index (χ0v) is 12.6. The van der Waals surface area contributed by atoms with E-state index >= 15 is 0 Å². The first-order valence-corrected chi connectivity index (χ1v) is 7.79. The van der Waals surface area contributed by atoms with Gasteiger partial charge in [0.2, 0.25) is 0 Å². The number of nitrogens with zero attached hydrogens (tertiary/aromatic N) is 2. The maximum atomic E-state index is 6.16. The third-order valence-electron chi connectivity index (χ3n) is 4.22. The summed E-state index contributed by atoms with van der Waals surface area (Å²) in [6, 6.07) is 5.94. The Balaban J connectivity index is 2.23. The molecule has 1 heterocycles. The molecular formula is C15H18Cl2N2. The Morgan fingerprint density at radius 1 is 1.32 bits per heavy atom. The van der Waals surface area contributed by atoms with Crippen molar-refractivity contribution in [3.05, 3.63) is 29.0 Å². The highest BCUT2D eigenvalue weighted by Crippen LogP contribution is 2.39. The van der Waals surface area contributed by atoms with Crippen molar-refractivity contribution in [1.29, 1.82) is 0 Å². The molecule has 4 heteroatoms. The quantitative estimate of drug-likeness (QED) is 0.747. The van der Waals surface area contributed by atoms with Crippen LogP contribution >= 0.6 is 23.2 Å². The fraction of sp³-hybridized carbons (Fsp3) is 0.533. The van der Waals surface area contributed by atoms with Gasteiger partial charge in [-0.2, -0.15) is 0 Å². The molecule has 2 nitrogen and oxygen atoms in total. The van der Waals surface area contributed by atoms with Gasteiger partial charge in [0.1, 0.15) is 5.82 Å². The van der Waals surface area contributed by atoms with Crippen molar-refractivity contribution in [3.63, 3.8) is 0 Å².